The predicted molar refractivity (Wildman–Crippen MR) is 165 cm³/mol. The molecule has 1 fully saturated rings. The second-order valence-corrected chi connectivity index (χ2v) is 12.4. The van der Waals surface area contributed by atoms with Gasteiger partial charge in [-0.2, -0.15) is 0 Å². The second-order valence-electron chi connectivity index (χ2n) is 12.4. The molecule has 1 aliphatic carbocycles. The van der Waals surface area contributed by atoms with Crippen LogP contribution in [0.1, 0.15) is 122 Å². The quantitative estimate of drug-likeness (QED) is 0.107. The lowest BCUT2D eigenvalue weighted by molar-refractivity contribution is -0.149. The van der Waals surface area contributed by atoms with Crippen LogP contribution in [-0.2, 0) is 11.2 Å². The molecule has 2 rings (SSSR count). The van der Waals surface area contributed by atoms with Crippen LogP contribution >= 0.6 is 0 Å². The summed E-state index contributed by atoms with van der Waals surface area (Å²) >= 11 is 0. The van der Waals surface area contributed by atoms with Gasteiger partial charge in [-0.05, 0) is 94.1 Å². The Balaban J connectivity index is 2.04. The summed E-state index contributed by atoms with van der Waals surface area (Å²) in [5.41, 5.74) is 7.31. The maximum atomic E-state index is 12.3. The van der Waals surface area contributed by atoms with E-state index < -0.39 is 18.0 Å². The minimum atomic E-state index is -0.884. The summed E-state index contributed by atoms with van der Waals surface area (Å²) in [7, 11) is 0. The van der Waals surface area contributed by atoms with E-state index in [4.69, 9.17) is 5.73 Å². The molecule has 0 amide bonds. The van der Waals surface area contributed by atoms with Gasteiger partial charge in [-0.3, -0.25) is 4.79 Å². The van der Waals surface area contributed by atoms with E-state index in [9.17, 15) is 15.0 Å². The maximum Gasteiger partial charge on any atom is 0.309 e. The fraction of sp³-hybridized carbons (Fsp3) is 0.743. The van der Waals surface area contributed by atoms with Gasteiger partial charge >= 0.3 is 5.97 Å². The van der Waals surface area contributed by atoms with Crippen molar-refractivity contribution in [3.8, 4) is 0 Å². The van der Waals surface area contributed by atoms with Gasteiger partial charge in [0.2, 0.25) is 0 Å². The number of aryl methyl sites for hydroxylation is 1. The molecule has 1 aromatic carbocycles. The highest BCUT2D eigenvalue weighted by Gasteiger charge is 2.37. The number of nitrogens with two attached hydrogens (primary N) is 1. The van der Waals surface area contributed by atoms with Crippen LogP contribution in [0.4, 0.5) is 0 Å². The van der Waals surface area contributed by atoms with Crippen LogP contribution in [0.25, 0.3) is 0 Å². The molecule has 1 saturated carbocycles. The van der Waals surface area contributed by atoms with Gasteiger partial charge in [0.05, 0.1) is 12.0 Å². The SMILES string of the molecule is CCCCC[C@@H](C/C=C\CCC1CCCCC1)CC[C@H](CCN)[C@H](CCc1ccccc1)[C@H](C(=O)O)[C@H](C)O. The average molecular weight is 542 g/mol. The van der Waals surface area contributed by atoms with Gasteiger partial charge in [-0.15, -0.1) is 0 Å². The molecule has 0 heterocycles. The molecule has 1 aromatic rings. The van der Waals surface area contributed by atoms with Gasteiger partial charge < -0.3 is 15.9 Å². The number of aliphatic carboxylic acids is 1. The number of carboxylic acid groups (broad SMARTS) is 1. The van der Waals surface area contributed by atoms with E-state index in [0.717, 1.165) is 44.4 Å². The smallest absolute Gasteiger partial charge is 0.309 e. The highest BCUT2D eigenvalue weighted by atomic mass is 16.4. The Kier molecular flexibility index (Phi) is 17.4. The van der Waals surface area contributed by atoms with Crippen molar-refractivity contribution < 1.29 is 15.0 Å². The maximum absolute atomic E-state index is 12.3. The summed E-state index contributed by atoms with van der Waals surface area (Å²) in [5, 5.41) is 20.6. The number of carbonyl (C=O) groups is 1. The van der Waals surface area contributed by atoms with Crippen molar-refractivity contribution in [1.82, 2.24) is 0 Å². The summed E-state index contributed by atoms with van der Waals surface area (Å²) in [6.45, 7) is 4.45. The molecule has 0 aliphatic heterocycles. The topological polar surface area (TPSA) is 83.6 Å². The van der Waals surface area contributed by atoms with E-state index >= 15 is 0 Å². The van der Waals surface area contributed by atoms with Crippen molar-refractivity contribution in [2.45, 2.75) is 129 Å². The largest absolute Gasteiger partial charge is 0.481 e. The molecule has 39 heavy (non-hydrogen) atoms. The Hall–Kier alpha value is -1.65. The zero-order chi connectivity index (χ0) is 28.3. The number of aliphatic hydroxyl groups is 1. The molecule has 4 heteroatoms. The Morgan fingerprint density at radius 2 is 1.74 bits per heavy atom. The summed E-state index contributed by atoms with van der Waals surface area (Å²) in [5.74, 6) is 0.0398. The molecule has 5 atom stereocenters. The highest BCUT2D eigenvalue weighted by Crippen LogP contribution is 2.36. The summed E-state index contributed by atoms with van der Waals surface area (Å²) in [4.78, 5) is 12.3. The monoisotopic (exact) mass is 541 g/mol. The first-order chi connectivity index (χ1) is 19.0. The van der Waals surface area contributed by atoms with Gasteiger partial charge in [0.15, 0.2) is 0 Å². The van der Waals surface area contributed by atoms with Crippen LogP contribution in [0.2, 0.25) is 0 Å². The molecule has 0 aromatic heterocycles. The van der Waals surface area contributed by atoms with Crippen molar-refractivity contribution in [2.75, 3.05) is 6.54 Å². The number of aliphatic hydroxyl groups excluding tert-OH is 1. The molecule has 4 nitrogen and oxygen atoms in total. The van der Waals surface area contributed by atoms with Crippen molar-refractivity contribution in [3.63, 3.8) is 0 Å². The van der Waals surface area contributed by atoms with Crippen molar-refractivity contribution >= 4 is 5.97 Å². The van der Waals surface area contributed by atoms with E-state index in [0.29, 0.717) is 12.5 Å². The van der Waals surface area contributed by atoms with E-state index in [1.54, 1.807) is 6.92 Å². The Morgan fingerprint density at radius 3 is 2.38 bits per heavy atom. The Morgan fingerprint density at radius 1 is 1.00 bits per heavy atom. The molecular weight excluding hydrogens is 482 g/mol. The first kappa shape index (κ1) is 33.6. The average Bonchev–Trinajstić information content (AvgIpc) is 2.93. The van der Waals surface area contributed by atoms with Gasteiger partial charge in [0, 0.05) is 0 Å². The summed E-state index contributed by atoms with van der Waals surface area (Å²) in [6.07, 6.45) is 24.3. The molecule has 1 aliphatic rings. The zero-order valence-corrected chi connectivity index (χ0v) is 25.1. The van der Waals surface area contributed by atoms with E-state index in [1.807, 2.05) is 18.2 Å². The van der Waals surface area contributed by atoms with Crippen LogP contribution in [-0.4, -0.2) is 28.8 Å². The molecule has 222 valence electrons. The third-order valence-electron chi connectivity index (χ3n) is 9.28. The second kappa shape index (κ2) is 20.3. The number of carboxylic acids is 1. The number of allylic oxidation sites excluding steroid dienone is 2. The number of hydrogen-bond acceptors (Lipinski definition) is 3. The number of hydrogen-bond donors (Lipinski definition) is 3. The third kappa shape index (κ3) is 13.5. The van der Waals surface area contributed by atoms with Gasteiger partial charge in [0.25, 0.3) is 0 Å². The third-order valence-corrected chi connectivity index (χ3v) is 9.28. The van der Waals surface area contributed by atoms with E-state index in [1.165, 1.54) is 76.2 Å². The Labute approximate surface area is 239 Å². The van der Waals surface area contributed by atoms with Crippen LogP contribution in [0, 0.1) is 29.6 Å². The summed E-state index contributed by atoms with van der Waals surface area (Å²) < 4.78 is 0. The van der Waals surface area contributed by atoms with E-state index in [2.05, 4.69) is 31.2 Å². The lowest BCUT2D eigenvalue weighted by atomic mass is 9.71. The lowest BCUT2D eigenvalue weighted by Crippen LogP contribution is -2.38. The Bertz CT molecular complexity index is 771. The lowest BCUT2D eigenvalue weighted by Gasteiger charge is -2.34. The molecular formula is C35H59NO3. The predicted octanol–water partition coefficient (Wildman–Crippen LogP) is 8.57. The van der Waals surface area contributed by atoms with Crippen LogP contribution in [0.3, 0.4) is 0 Å². The minimum Gasteiger partial charge on any atom is -0.481 e. The van der Waals surface area contributed by atoms with Crippen LogP contribution in [0.15, 0.2) is 42.5 Å². The molecule has 0 spiro atoms. The number of rotatable bonds is 21. The van der Waals surface area contributed by atoms with Crippen LogP contribution < -0.4 is 5.73 Å². The van der Waals surface area contributed by atoms with Crippen LogP contribution in [0.5, 0.6) is 0 Å². The minimum absolute atomic E-state index is 0.0893. The normalized spacial score (nSPS) is 18.6. The zero-order valence-electron chi connectivity index (χ0n) is 25.1. The number of unbranched alkanes of at least 4 members (excludes halogenated alkanes) is 2. The van der Waals surface area contributed by atoms with Crippen molar-refractivity contribution in [3.05, 3.63) is 48.0 Å². The summed E-state index contributed by atoms with van der Waals surface area (Å²) in [6, 6.07) is 10.3. The van der Waals surface area contributed by atoms with Gasteiger partial charge in [-0.25, -0.2) is 0 Å². The van der Waals surface area contributed by atoms with E-state index in [-0.39, 0.29) is 11.8 Å². The fourth-order valence-corrected chi connectivity index (χ4v) is 6.95. The first-order valence-corrected chi connectivity index (χ1v) is 16.3. The molecule has 0 radical (unpaired) electrons. The van der Waals surface area contributed by atoms with Gasteiger partial charge in [-0.1, -0.05) is 107 Å². The molecule has 0 unspecified atom stereocenters. The van der Waals surface area contributed by atoms with Gasteiger partial charge in [0.1, 0.15) is 0 Å². The fourth-order valence-electron chi connectivity index (χ4n) is 6.95. The molecule has 0 saturated heterocycles. The van der Waals surface area contributed by atoms with Crippen molar-refractivity contribution in [1.29, 1.82) is 0 Å². The van der Waals surface area contributed by atoms with Crippen molar-refractivity contribution in [2.24, 2.45) is 35.3 Å². The standard InChI is InChI=1S/C35H59NO3/c1-3-4-8-15-30(19-12-6-11-18-29-16-9-5-10-17-29)22-24-32(26-27-36)33(34(28(2)37)35(38)39)25-23-31-20-13-7-14-21-31/h6-7,12-14,20-21,28-30,32-34,37H,3-5,8-11,15-19,22-27,36H2,1-2H3,(H,38,39)/b12-6-/t28-,30-,32+,33-,34+/m0/s1. The first-order valence-electron chi connectivity index (χ1n) is 16.3. The number of benzene rings is 1. The highest BCUT2D eigenvalue weighted by molar-refractivity contribution is 5.71. The molecule has 4 N–H and O–H groups in total. The molecule has 0 bridgehead atoms.